The number of carbonyl (C=O) groups is 2. The second-order valence-corrected chi connectivity index (χ2v) is 9.46. The van der Waals surface area contributed by atoms with Crippen LogP contribution < -0.4 is 4.73 Å². The zero-order chi connectivity index (χ0) is 25.6. The second kappa shape index (κ2) is 9.43. The molecule has 1 unspecified atom stereocenters. The molecule has 3 heterocycles. The summed E-state index contributed by atoms with van der Waals surface area (Å²) in [4.78, 5) is 31.1. The number of Topliss-reactive ketones (excluding diaryl/α,β-unsaturated/α-hetero) is 1. The topological polar surface area (TPSA) is 76.7 Å². The normalized spacial score (nSPS) is 15.2. The molecule has 3 aromatic rings. The van der Waals surface area contributed by atoms with Crippen LogP contribution in [-0.4, -0.2) is 35.4 Å². The van der Waals surface area contributed by atoms with Crippen LogP contribution in [0.3, 0.4) is 0 Å². The molecule has 0 bridgehead atoms. The molecule has 1 aromatic heterocycles. The van der Waals surface area contributed by atoms with Crippen molar-refractivity contribution in [2.24, 2.45) is 4.99 Å². The van der Waals surface area contributed by atoms with Gasteiger partial charge in [0, 0.05) is 43.3 Å². The molecule has 0 N–H and O–H groups in total. The summed E-state index contributed by atoms with van der Waals surface area (Å²) in [5, 5.41) is 12.9. The van der Waals surface area contributed by atoms with Gasteiger partial charge in [0.1, 0.15) is 5.82 Å². The number of rotatable bonds is 6. The van der Waals surface area contributed by atoms with E-state index < -0.39 is 23.1 Å². The second-order valence-electron chi connectivity index (χ2n) is 9.06. The zero-order valence-electron chi connectivity index (χ0n) is 19.4. The molecule has 6 nitrogen and oxygen atoms in total. The van der Waals surface area contributed by atoms with Crippen molar-refractivity contribution in [3.05, 3.63) is 87.3 Å². The number of fused-ring (bicyclic) bond motifs is 1. The highest BCUT2D eigenvalue weighted by atomic mass is 35.5. The largest absolute Gasteiger partial charge is 0.618 e. The van der Waals surface area contributed by atoms with E-state index in [9.17, 15) is 23.6 Å². The van der Waals surface area contributed by atoms with Gasteiger partial charge in [-0.25, -0.2) is 8.78 Å². The fourth-order valence-electron chi connectivity index (χ4n) is 4.61. The number of carbonyl (C=O) groups excluding carboxylic acids is 2. The lowest BCUT2D eigenvalue weighted by Crippen LogP contribution is -2.44. The average Bonchev–Trinajstić information content (AvgIpc) is 3.22. The van der Waals surface area contributed by atoms with Gasteiger partial charge in [0.25, 0.3) is 0 Å². The Bertz CT molecular complexity index is 1440. The van der Waals surface area contributed by atoms with Crippen molar-refractivity contribution in [3.63, 3.8) is 0 Å². The van der Waals surface area contributed by atoms with E-state index in [2.05, 4.69) is 0 Å². The van der Waals surface area contributed by atoms with E-state index >= 15 is 0 Å². The summed E-state index contributed by atoms with van der Waals surface area (Å²) >= 11 is 5.82. The number of halogens is 3. The Kier molecular flexibility index (Phi) is 6.30. The quantitative estimate of drug-likeness (QED) is 0.199. The van der Waals surface area contributed by atoms with E-state index in [0.717, 1.165) is 30.3 Å². The molecule has 1 saturated heterocycles. The monoisotopic (exact) mass is 509 g/mol. The van der Waals surface area contributed by atoms with Gasteiger partial charge in [-0.05, 0) is 55.3 Å². The van der Waals surface area contributed by atoms with Crippen molar-refractivity contribution in [1.82, 2.24) is 4.90 Å². The molecule has 184 valence electrons. The summed E-state index contributed by atoms with van der Waals surface area (Å²) in [7, 11) is 0. The number of nitrogens with zero attached hydrogens (tertiary/aromatic N) is 3. The minimum atomic E-state index is -0.953. The smallest absolute Gasteiger partial charge is 0.223 e. The molecule has 9 heteroatoms. The van der Waals surface area contributed by atoms with Crippen molar-refractivity contribution >= 4 is 34.7 Å². The number of likely N-dealkylation sites (tertiary alicyclic amines) is 1. The van der Waals surface area contributed by atoms with Crippen LogP contribution in [0.1, 0.15) is 47.3 Å². The Labute approximate surface area is 211 Å². The van der Waals surface area contributed by atoms with Crippen LogP contribution in [0.2, 0.25) is 5.02 Å². The van der Waals surface area contributed by atoms with Crippen LogP contribution >= 0.6 is 11.6 Å². The van der Waals surface area contributed by atoms with E-state index in [1.807, 2.05) is 0 Å². The van der Waals surface area contributed by atoms with Crippen LogP contribution in [0, 0.1) is 16.8 Å². The maximum Gasteiger partial charge on any atom is 0.223 e. The van der Waals surface area contributed by atoms with Gasteiger partial charge in [0.05, 0.1) is 27.8 Å². The third-order valence-electron chi connectivity index (χ3n) is 6.75. The molecular weight excluding hydrogens is 488 g/mol. The predicted molar refractivity (Wildman–Crippen MR) is 132 cm³/mol. The van der Waals surface area contributed by atoms with E-state index in [1.165, 1.54) is 19.1 Å². The molecule has 0 radical (unpaired) electrons. The maximum atomic E-state index is 14.6. The van der Waals surface area contributed by atoms with E-state index in [1.54, 1.807) is 23.1 Å². The molecule has 1 amide bonds. The molecule has 2 aromatic carbocycles. The van der Waals surface area contributed by atoms with Crippen LogP contribution in [-0.2, 0) is 11.2 Å². The molecule has 0 aliphatic carbocycles. The molecule has 36 heavy (non-hydrogen) atoms. The van der Waals surface area contributed by atoms with Crippen molar-refractivity contribution < 1.29 is 23.1 Å². The lowest BCUT2D eigenvalue weighted by atomic mass is 9.90. The third-order valence-corrected chi connectivity index (χ3v) is 7.04. The summed E-state index contributed by atoms with van der Waals surface area (Å²) in [6, 6.07) is 10.3. The number of benzene rings is 2. The van der Waals surface area contributed by atoms with E-state index in [0.29, 0.717) is 41.2 Å². The van der Waals surface area contributed by atoms with Gasteiger partial charge < -0.3 is 10.1 Å². The Morgan fingerprint density at radius 2 is 1.94 bits per heavy atom. The SMILES string of the molecule is CC(=O)c1ccc2c(c1)CC(C(CC(=O)N1CCC1)c1ccc(-c3c(F)ccc(Cl)c3F)c[n+]1[O-])=N2. The number of aliphatic imine (C=N–C) groups is 1. The number of hydrogen-bond acceptors (Lipinski definition) is 4. The fourth-order valence-corrected chi connectivity index (χ4v) is 4.77. The minimum absolute atomic E-state index is 0.0295. The van der Waals surface area contributed by atoms with Gasteiger partial charge >= 0.3 is 0 Å². The maximum absolute atomic E-state index is 14.6. The van der Waals surface area contributed by atoms with Crippen molar-refractivity contribution in [2.45, 2.75) is 32.1 Å². The summed E-state index contributed by atoms with van der Waals surface area (Å²) in [5.41, 5.74) is 2.60. The first-order chi connectivity index (χ1) is 17.2. The first-order valence-corrected chi connectivity index (χ1v) is 12.0. The summed E-state index contributed by atoms with van der Waals surface area (Å²) in [6.07, 6.45) is 2.44. The highest BCUT2D eigenvalue weighted by Gasteiger charge is 2.34. The molecule has 1 fully saturated rings. The number of amides is 1. The van der Waals surface area contributed by atoms with Crippen LogP contribution in [0.15, 0.2) is 53.7 Å². The zero-order valence-corrected chi connectivity index (χ0v) is 20.2. The molecule has 0 spiro atoms. The Hall–Kier alpha value is -3.65. The number of aromatic nitrogens is 1. The fraction of sp³-hybridized carbons (Fsp3) is 0.259. The lowest BCUT2D eigenvalue weighted by Gasteiger charge is -2.32. The summed E-state index contributed by atoms with van der Waals surface area (Å²) < 4.78 is 29.5. The predicted octanol–water partition coefficient (Wildman–Crippen LogP) is 5.16. The van der Waals surface area contributed by atoms with E-state index in [4.69, 9.17) is 16.6 Å². The summed E-state index contributed by atoms with van der Waals surface area (Å²) in [6.45, 7) is 2.83. The Morgan fingerprint density at radius 1 is 1.17 bits per heavy atom. The first kappa shape index (κ1) is 24.1. The first-order valence-electron chi connectivity index (χ1n) is 11.6. The Balaban J connectivity index is 1.52. The Morgan fingerprint density at radius 3 is 2.61 bits per heavy atom. The van der Waals surface area contributed by atoms with Crippen molar-refractivity contribution in [3.8, 4) is 11.1 Å². The van der Waals surface area contributed by atoms with Crippen LogP contribution in [0.5, 0.6) is 0 Å². The molecule has 0 saturated carbocycles. The van der Waals surface area contributed by atoms with Crippen LogP contribution in [0.25, 0.3) is 11.1 Å². The number of pyridine rings is 1. The number of hydrogen-bond donors (Lipinski definition) is 0. The summed E-state index contributed by atoms with van der Waals surface area (Å²) in [5.74, 6) is -2.60. The van der Waals surface area contributed by atoms with Gasteiger partial charge in [0.15, 0.2) is 17.8 Å². The van der Waals surface area contributed by atoms with Crippen molar-refractivity contribution in [1.29, 1.82) is 0 Å². The average molecular weight is 510 g/mol. The van der Waals surface area contributed by atoms with E-state index in [-0.39, 0.29) is 34.4 Å². The molecule has 1 atom stereocenters. The highest BCUT2D eigenvalue weighted by Crippen LogP contribution is 2.35. The van der Waals surface area contributed by atoms with Gasteiger partial charge in [-0.3, -0.25) is 14.6 Å². The molecular formula is C27H22ClF2N3O3. The van der Waals surface area contributed by atoms with Crippen LogP contribution in [0.4, 0.5) is 14.5 Å². The molecule has 2 aliphatic rings. The standard InChI is InChI=1S/C27H22ClF2N3O3/c1-15(34)16-3-7-22-18(11-16)12-23(31-22)19(13-25(35)32-9-2-10-32)24-8-4-17(14-33(24)36)26-21(29)6-5-20(28)27(26)30/h3-8,11,14,19H,2,9-10,12-13H2,1H3. The highest BCUT2D eigenvalue weighted by molar-refractivity contribution is 6.31. The molecule has 2 aliphatic heterocycles. The van der Waals surface area contributed by atoms with Gasteiger partial charge in [-0.15, -0.1) is 0 Å². The van der Waals surface area contributed by atoms with Gasteiger partial charge in [0.2, 0.25) is 11.6 Å². The third kappa shape index (κ3) is 4.37. The van der Waals surface area contributed by atoms with Gasteiger partial charge in [-0.1, -0.05) is 11.6 Å². The number of ketones is 1. The minimum Gasteiger partial charge on any atom is -0.618 e. The lowest BCUT2D eigenvalue weighted by molar-refractivity contribution is -0.614. The molecule has 5 rings (SSSR count). The van der Waals surface area contributed by atoms with Crippen molar-refractivity contribution in [2.75, 3.05) is 13.1 Å². The van der Waals surface area contributed by atoms with Gasteiger partial charge in [-0.2, -0.15) is 4.73 Å².